The Labute approximate surface area is 113 Å². The Morgan fingerprint density at radius 3 is 2.50 bits per heavy atom. The fourth-order valence-corrected chi connectivity index (χ4v) is 2.47. The van der Waals surface area contributed by atoms with E-state index in [2.05, 4.69) is 37.0 Å². The number of pyridine rings is 1. The molecule has 0 saturated carbocycles. The first-order valence-corrected chi connectivity index (χ1v) is 6.37. The molecule has 1 aromatic heterocycles. The third-order valence-electron chi connectivity index (χ3n) is 2.88. The summed E-state index contributed by atoms with van der Waals surface area (Å²) >= 11 is 6.11. The zero-order valence-corrected chi connectivity index (χ0v) is 11.4. The maximum atomic E-state index is 6.18. The van der Waals surface area contributed by atoms with Crippen molar-refractivity contribution >= 4 is 11.6 Å². The number of halogens is 1. The van der Waals surface area contributed by atoms with Gasteiger partial charge in [0.1, 0.15) is 0 Å². The molecule has 0 aliphatic heterocycles. The van der Waals surface area contributed by atoms with Gasteiger partial charge in [0.25, 0.3) is 0 Å². The fourth-order valence-electron chi connectivity index (χ4n) is 2.21. The minimum atomic E-state index is -0.167. The van der Waals surface area contributed by atoms with Crippen LogP contribution in [0.4, 0.5) is 0 Å². The number of aromatic nitrogens is 1. The molecule has 0 amide bonds. The van der Waals surface area contributed by atoms with Crippen molar-refractivity contribution in [2.24, 2.45) is 5.73 Å². The number of rotatable bonds is 3. The molecule has 0 aliphatic carbocycles. The minimum absolute atomic E-state index is 0.167. The van der Waals surface area contributed by atoms with Crippen LogP contribution in [0.3, 0.4) is 0 Å². The summed E-state index contributed by atoms with van der Waals surface area (Å²) < 4.78 is 0. The Morgan fingerprint density at radius 1 is 1.22 bits per heavy atom. The van der Waals surface area contributed by atoms with Gasteiger partial charge in [-0.3, -0.25) is 4.98 Å². The predicted molar refractivity (Wildman–Crippen MR) is 75.8 cm³/mol. The Kier molecular flexibility index (Phi) is 4.00. The van der Waals surface area contributed by atoms with Gasteiger partial charge in [0.2, 0.25) is 0 Å². The van der Waals surface area contributed by atoms with E-state index in [1.54, 1.807) is 6.20 Å². The average Bonchev–Trinajstić information content (AvgIpc) is 2.27. The molecule has 0 aliphatic rings. The van der Waals surface area contributed by atoms with Crippen LogP contribution in [-0.4, -0.2) is 4.98 Å². The zero-order chi connectivity index (χ0) is 13.1. The van der Waals surface area contributed by atoms with Gasteiger partial charge in [0.05, 0.1) is 16.8 Å². The zero-order valence-electron chi connectivity index (χ0n) is 10.7. The molecule has 1 atom stereocenters. The average molecular weight is 261 g/mol. The van der Waals surface area contributed by atoms with Crippen molar-refractivity contribution in [1.82, 2.24) is 4.98 Å². The highest BCUT2D eigenvalue weighted by atomic mass is 35.5. The van der Waals surface area contributed by atoms with Crippen molar-refractivity contribution in [3.63, 3.8) is 0 Å². The van der Waals surface area contributed by atoms with Gasteiger partial charge in [-0.25, -0.2) is 0 Å². The summed E-state index contributed by atoms with van der Waals surface area (Å²) in [5, 5.41) is 0.634. The smallest absolute Gasteiger partial charge is 0.0760 e. The molecule has 2 nitrogen and oxygen atoms in total. The van der Waals surface area contributed by atoms with Crippen LogP contribution in [0.5, 0.6) is 0 Å². The van der Waals surface area contributed by atoms with Crippen LogP contribution in [-0.2, 0) is 6.42 Å². The van der Waals surface area contributed by atoms with Crippen LogP contribution in [0.15, 0.2) is 36.5 Å². The standard InChI is InChI=1S/C15H17ClN2/c1-10-6-11(2)8-12(7-10)9-14(17)15-13(16)4-3-5-18-15/h3-8,14H,9,17H2,1-2H3. The summed E-state index contributed by atoms with van der Waals surface area (Å²) in [5.74, 6) is 0. The molecular weight excluding hydrogens is 244 g/mol. The van der Waals surface area contributed by atoms with Gasteiger partial charge in [0.15, 0.2) is 0 Å². The van der Waals surface area contributed by atoms with Gasteiger partial charge in [-0.15, -0.1) is 0 Å². The van der Waals surface area contributed by atoms with E-state index in [1.165, 1.54) is 16.7 Å². The van der Waals surface area contributed by atoms with E-state index in [9.17, 15) is 0 Å². The number of hydrogen-bond donors (Lipinski definition) is 1. The largest absolute Gasteiger partial charge is 0.322 e. The lowest BCUT2D eigenvalue weighted by Gasteiger charge is -2.13. The Bertz CT molecular complexity index is 532. The first-order chi connectivity index (χ1) is 8.56. The molecule has 18 heavy (non-hydrogen) atoms. The van der Waals surface area contributed by atoms with Crippen LogP contribution in [0, 0.1) is 13.8 Å². The van der Waals surface area contributed by atoms with Gasteiger partial charge in [-0.1, -0.05) is 40.9 Å². The highest BCUT2D eigenvalue weighted by Gasteiger charge is 2.12. The lowest BCUT2D eigenvalue weighted by atomic mass is 10.00. The highest BCUT2D eigenvalue weighted by Crippen LogP contribution is 2.22. The number of aryl methyl sites for hydroxylation is 2. The first-order valence-electron chi connectivity index (χ1n) is 5.99. The highest BCUT2D eigenvalue weighted by molar-refractivity contribution is 6.31. The van der Waals surface area contributed by atoms with Gasteiger partial charge in [-0.05, 0) is 38.0 Å². The third kappa shape index (κ3) is 3.09. The number of hydrogen-bond acceptors (Lipinski definition) is 2. The van der Waals surface area contributed by atoms with Crippen molar-refractivity contribution in [3.8, 4) is 0 Å². The second-order valence-corrected chi connectivity index (χ2v) is 5.08. The van der Waals surface area contributed by atoms with E-state index in [-0.39, 0.29) is 6.04 Å². The second kappa shape index (κ2) is 5.51. The molecule has 94 valence electrons. The first kappa shape index (κ1) is 13.1. The molecule has 0 saturated heterocycles. The summed E-state index contributed by atoms with van der Waals surface area (Å²) in [5.41, 5.74) is 10.7. The lowest BCUT2D eigenvalue weighted by molar-refractivity contribution is 0.696. The summed E-state index contributed by atoms with van der Waals surface area (Å²) in [6.45, 7) is 4.19. The number of nitrogens with zero attached hydrogens (tertiary/aromatic N) is 1. The molecule has 2 rings (SSSR count). The van der Waals surface area contributed by atoms with Crippen LogP contribution < -0.4 is 5.73 Å². The molecule has 0 radical (unpaired) electrons. The second-order valence-electron chi connectivity index (χ2n) is 4.68. The molecule has 2 aromatic rings. The molecular formula is C15H17ClN2. The van der Waals surface area contributed by atoms with E-state index in [4.69, 9.17) is 17.3 Å². The lowest BCUT2D eigenvalue weighted by Crippen LogP contribution is -2.15. The van der Waals surface area contributed by atoms with E-state index < -0.39 is 0 Å². The molecule has 0 fully saturated rings. The number of benzene rings is 1. The van der Waals surface area contributed by atoms with Gasteiger partial charge >= 0.3 is 0 Å². The summed E-state index contributed by atoms with van der Waals surface area (Å²) in [7, 11) is 0. The number of nitrogens with two attached hydrogens (primary N) is 1. The maximum absolute atomic E-state index is 6.18. The minimum Gasteiger partial charge on any atom is -0.322 e. The van der Waals surface area contributed by atoms with E-state index in [0.717, 1.165) is 12.1 Å². The quantitative estimate of drug-likeness (QED) is 0.916. The molecule has 1 heterocycles. The summed E-state index contributed by atoms with van der Waals surface area (Å²) in [4.78, 5) is 4.26. The summed E-state index contributed by atoms with van der Waals surface area (Å²) in [6, 6.07) is 9.94. The Morgan fingerprint density at radius 2 is 1.89 bits per heavy atom. The van der Waals surface area contributed by atoms with Crippen LogP contribution in [0.1, 0.15) is 28.4 Å². The monoisotopic (exact) mass is 260 g/mol. The van der Waals surface area contributed by atoms with Crippen molar-refractivity contribution in [1.29, 1.82) is 0 Å². The van der Waals surface area contributed by atoms with Crippen molar-refractivity contribution in [2.45, 2.75) is 26.3 Å². The van der Waals surface area contributed by atoms with Gasteiger partial charge in [-0.2, -0.15) is 0 Å². The third-order valence-corrected chi connectivity index (χ3v) is 3.19. The van der Waals surface area contributed by atoms with Crippen molar-refractivity contribution in [3.05, 3.63) is 63.9 Å². The van der Waals surface area contributed by atoms with Crippen LogP contribution in [0.25, 0.3) is 0 Å². The molecule has 1 aromatic carbocycles. The normalized spacial score (nSPS) is 12.4. The summed E-state index contributed by atoms with van der Waals surface area (Å²) in [6.07, 6.45) is 2.47. The van der Waals surface area contributed by atoms with Crippen LogP contribution in [0.2, 0.25) is 5.02 Å². The van der Waals surface area contributed by atoms with E-state index >= 15 is 0 Å². The maximum Gasteiger partial charge on any atom is 0.0760 e. The molecule has 2 N–H and O–H groups in total. The van der Waals surface area contributed by atoms with Gasteiger partial charge in [0, 0.05) is 6.20 Å². The Balaban J connectivity index is 2.21. The SMILES string of the molecule is Cc1cc(C)cc(CC(N)c2ncccc2Cl)c1. The van der Waals surface area contributed by atoms with Crippen molar-refractivity contribution < 1.29 is 0 Å². The Hall–Kier alpha value is -1.38. The van der Waals surface area contributed by atoms with Gasteiger partial charge < -0.3 is 5.73 Å². The fraction of sp³-hybridized carbons (Fsp3) is 0.267. The molecule has 3 heteroatoms. The van der Waals surface area contributed by atoms with Crippen molar-refractivity contribution in [2.75, 3.05) is 0 Å². The molecule has 0 bridgehead atoms. The molecule has 0 spiro atoms. The van der Waals surface area contributed by atoms with E-state index in [1.807, 2.05) is 12.1 Å². The molecule has 1 unspecified atom stereocenters. The topological polar surface area (TPSA) is 38.9 Å². The predicted octanol–water partition coefficient (Wildman–Crippen LogP) is 3.59. The van der Waals surface area contributed by atoms with E-state index in [0.29, 0.717) is 5.02 Å². The van der Waals surface area contributed by atoms with Crippen LogP contribution >= 0.6 is 11.6 Å².